The minimum atomic E-state index is -0.210. The predicted octanol–water partition coefficient (Wildman–Crippen LogP) is 2.23. The van der Waals surface area contributed by atoms with E-state index >= 15 is 0 Å². The Kier molecular flexibility index (Phi) is 4.97. The van der Waals surface area contributed by atoms with Gasteiger partial charge in [0.25, 0.3) is 0 Å². The van der Waals surface area contributed by atoms with E-state index in [0.717, 1.165) is 19.3 Å². The van der Waals surface area contributed by atoms with E-state index in [1.54, 1.807) is 0 Å². The summed E-state index contributed by atoms with van der Waals surface area (Å²) in [5.41, 5.74) is 8.48. The summed E-state index contributed by atoms with van der Waals surface area (Å²) in [5.74, 6) is 0. The summed E-state index contributed by atoms with van der Waals surface area (Å²) in [4.78, 5) is 2.27. The number of aliphatic hydroxyl groups excluding tert-OH is 1. The summed E-state index contributed by atoms with van der Waals surface area (Å²) in [6, 6.07) is 8.99. The second kappa shape index (κ2) is 6.51. The molecule has 3 nitrogen and oxygen atoms in total. The Morgan fingerprint density at radius 3 is 2.47 bits per heavy atom. The number of nitrogens with two attached hydrogens (primary N) is 1. The number of likely N-dealkylation sites (N-methyl/N-ethyl adjacent to an activating group) is 1. The van der Waals surface area contributed by atoms with Gasteiger partial charge in [-0.3, -0.25) is 4.90 Å². The van der Waals surface area contributed by atoms with Gasteiger partial charge in [-0.2, -0.15) is 0 Å². The lowest BCUT2D eigenvalue weighted by atomic mass is 9.90. The van der Waals surface area contributed by atoms with Crippen LogP contribution in [0.2, 0.25) is 0 Å². The zero-order valence-electron chi connectivity index (χ0n) is 12.0. The Hall–Kier alpha value is -0.900. The van der Waals surface area contributed by atoms with Gasteiger partial charge in [0.1, 0.15) is 0 Å². The summed E-state index contributed by atoms with van der Waals surface area (Å²) in [6.07, 6.45) is 4.12. The van der Waals surface area contributed by atoms with E-state index in [1.807, 2.05) is 0 Å². The Bertz CT molecular complexity index is 390. The van der Waals surface area contributed by atoms with Crippen LogP contribution in [-0.2, 0) is 0 Å². The lowest BCUT2D eigenvalue weighted by molar-refractivity contribution is 0.0137. The third-order valence-electron chi connectivity index (χ3n) is 4.39. The van der Waals surface area contributed by atoms with Crippen LogP contribution in [0.1, 0.15) is 42.9 Å². The van der Waals surface area contributed by atoms with Gasteiger partial charge in [-0.25, -0.2) is 0 Å². The summed E-state index contributed by atoms with van der Waals surface area (Å²) in [6.45, 7) is 2.68. The smallest absolute Gasteiger partial charge is 0.0695 e. The molecule has 3 atom stereocenters. The van der Waals surface area contributed by atoms with Gasteiger partial charge in [0, 0.05) is 18.6 Å². The van der Waals surface area contributed by atoms with Crippen LogP contribution in [0.4, 0.5) is 0 Å². The molecule has 0 heterocycles. The van der Waals surface area contributed by atoms with Gasteiger partial charge in [-0.1, -0.05) is 42.7 Å². The standard InChI is InChI=1S/C16H26N2O/c1-12-7-9-13(10-8-12)15(11-17)18(2)14-5-3-4-6-16(14)19/h7-10,14-16,19H,3-6,11,17H2,1-2H3. The van der Waals surface area contributed by atoms with Crippen molar-refractivity contribution >= 4 is 0 Å². The molecule has 1 saturated carbocycles. The molecule has 1 aromatic rings. The summed E-state index contributed by atoms with van der Waals surface area (Å²) in [5, 5.41) is 10.2. The first kappa shape index (κ1) is 14.5. The van der Waals surface area contributed by atoms with Crippen molar-refractivity contribution < 1.29 is 5.11 Å². The average Bonchev–Trinajstić information content (AvgIpc) is 2.42. The highest BCUT2D eigenvalue weighted by molar-refractivity contribution is 5.24. The van der Waals surface area contributed by atoms with E-state index in [0.29, 0.717) is 6.54 Å². The zero-order valence-corrected chi connectivity index (χ0v) is 12.0. The second-order valence-corrected chi connectivity index (χ2v) is 5.75. The highest BCUT2D eigenvalue weighted by Gasteiger charge is 2.30. The van der Waals surface area contributed by atoms with Crippen LogP contribution in [0.15, 0.2) is 24.3 Å². The van der Waals surface area contributed by atoms with E-state index in [-0.39, 0.29) is 18.2 Å². The monoisotopic (exact) mass is 262 g/mol. The molecule has 106 valence electrons. The molecular weight excluding hydrogens is 236 g/mol. The molecule has 3 heteroatoms. The zero-order chi connectivity index (χ0) is 13.8. The van der Waals surface area contributed by atoms with E-state index in [9.17, 15) is 5.11 Å². The number of benzene rings is 1. The topological polar surface area (TPSA) is 49.5 Å². The molecule has 0 spiro atoms. The molecule has 19 heavy (non-hydrogen) atoms. The van der Waals surface area contributed by atoms with E-state index in [2.05, 4.69) is 43.1 Å². The van der Waals surface area contributed by atoms with Crippen molar-refractivity contribution in [3.8, 4) is 0 Å². The number of hydrogen-bond acceptors (Lipinski definition) is 3. The first-order valence-corrected chi connectivity index (χ1v) is 7.30. The van der Waals surface area contributed by atoms with Gasteiger partial charge in [-0.15, -0.1) is 0 Å². The molecule has 1 aromatic carbocycles. The third kappa shape index (κ3) is 3.35. The van der Waals surface area contributed by atoms with Gasteiger partial charge in [0.15, 0.2) is 0 Å². The maximum atomic E-state index is 10.2. The Labute approximate surface area is 116 Å². The SMILES string of the molecule is Cc1ccc(C(CN)N(C)C2CCCCC2O)cc1. The minimum Gasteiger partial charge on any atom is -0.391 e. The molecule has 2 rings (SSSR count). The van der Waals surface area contributed by atoms with Gasteiger partial charge >= 0.3 is 0 Å². The second-order valence-electron chi connectivity index (χ2n) is 5.75. The number of rotatable bonds is 4. The van der Waals surface area contributed by atoms with Crippen LogP contribution in [-0.4, -0.2) is 35.7 Å². The van der Waals surface area contributed by atoms with Crippen molar-refractivity contribution in [2.24, 2.45) is 5.73 Å². The van der Waals surface area contributed by atoms with Crippen molar-refractivity contribution in [2.75, 3.05) is 13.6 Å². The molecule has 0 amide bonds. The van der Waals surface area contributed by atoms with E-state index in [4.69, 9.17) is 5.73 Å². The van der Waals surface area contributed by atoms with E-state index < -0.39 is 0 Å². The molecule has 0 radical (unpaired) electrons. The van der Waals surface area contributed by atoms with E-state index in [1.165, 1.54) is 17.5 Å². The van der Waals surface area contributed by atoms with Gasteiger partial charge in [0.05, 0.1) is 6.10 Å². The lowest BCUT2D eigenvalue weighted by Crippen LogP contribution is -2.46. The normalized spacial score (nSPS) is 25.5. The number of nitrogens with zero attached hydrogens (tertiary/aromatic N) is 1. The van der Waals surface area contributed by atoms with Crippen LogP contribution in [0.3, 0.4) is 0 Å². The van der Waals surface area contributed by atoms with Crippen molar-refractivity contribution in [3.63, 3.8) is 0 Å². The van der Waals surface area contributed by atoms with Crippen molar-refractivity contribution in [3.05, 3.63) is 35.4 Å². The molecule has 0 saturated heterocycles. The molecule has 0 aromatic heterocycles. The van der Waals surface area contributed by atoms with Crippen molar-refractivity contribution in [2.45, 2.75) is 50.8 Å². The lowest BCUT2D eigenvalue weighted by Gasteiger charge is -2.39. The summed E-state index contributed by atoms with van der Waals surface area (Å²) in [7, 11) is 2.09. The Morgan fingerprint density at radius 1 is 1.26 bits per heavy atom. The average molecular weight is 262 g/mol. The van der Waals surface area contributed by atoms with Crippen LogP contribution in [0.5, 0.6) is 0 Å². The first-order valence-electron chi connectivity index (χ1n) is 7.30. The molecule has 3 unspecified atom stereocenters. The molecule has 0 bridgehead atoms. The quantitative estimate of drug-likeness (QED) is 0.875. The fourth-order valence-corrected chi connectivity index (χ4v) is 3.12. The number of hydrogen-bond donors (Lipinski definition) is 2. The van der Waals surface area contributed by atoms with Gasteiger partial charge < -0.3 is 10.8 Å². The van der Waals surface area contributed by atoms with Crippen molar-refractivity contribution in [1.82, 2.24) is 4.90 Å². The largest absolute Gasteiger partial charge is 0.391 e. The summed E-state index contributed by atoms with van der Waals surface area (Å²) < 4.78 is 0. The first-order chi connectivity index (χ1) is 9.13. The molecular formula is C16H26N2O. The number of aliphatic hydroxyl groups is 1. The molecule has 1 aliphatic rings. The Morgan fingerprint density at radius 2 is 1.89 bits per heavy atom. The molecule has 3 N–H and O–H groups in total. The predicted molar refractivity (Wildman–Crippen MR) is 79.0 cm³/mol. The maximum absolute atomic E-state index is 10.2. The van der Waals surface area contributed by atoms with Crippen LogP contribution < -0.4 is 5.73 Å². The van der Waals surface area contributed by atoms with Crippen LogP contribution >= 0.6 is 0 Å². The van der Waals surface area contributed by atoms with Gasteiger partial charge in [-0.05, 0) is 32.4 Å². The third-order valence-corrected chi connectivity index (χ3v) is 4.39. The Balaban J connectivity index is 2.13. The fraction of sp³-hybridized carbons (Fsp3) is 0.625. The summed E-state index contributed by atoms with van der Waals surface area (Å²) >= 11 is 0. The molecule has 1 fully saturated rings. The highest BCUT2D eigenvalue weighted by atomic mass is 16.3. The van der Waals surface area contributed by atoms with Crippen molar-refractivity contribution in [1.29, 1.82) is 0 Å². The maximum Gasteiger partial charge on any atom is 0.0695 e. The fourth-order valence-electron chi connectivity index (χ4n) is 3.12. The molecule has 0 aliphatic heterocycles. The van der Waals surface area contributed by atoms with Crippen LogP contribution in [0.25, 0.3) is 0 Å². The highest BCUT2D eigenvalue weighted by Crippen LogP contribution is 2.28. The number of aryl methyl sites for hydroxylation is 1. The minimum absolute atomic E-state index is 0.193. The van der Waals surface area contributed by atoms with Gasteiger partial charge in [0.2, 0.25) is 0 Å². The van der Waals surface area contributed by atoms with Crippen LogP contribution in [0, 0.1) is 6.92 Å². The molecule has 1 aliphatic carbocycles.